The van der Waals surface area contributed by atoms with Gasteiger partial charge in [0.2, 0.25) is 0 Å². The van der Waals surface area contributed by atoms with E-state index in [1.807, 2.05) is 0 Å². The van der Waals surface area contributed by atoms with E-state index in [9.17, 15) is 0 Å². The number of hydrogen-bond acceptors (Lipinski definition) is 4. The molecule has 0 atom stereocenters. The molecule has 0 spiro atoms. The standard InChI is InChI=1S/C21H41N3O/c1-18(2)24-13-11-22(12-14-24)15-20-5-9-23(10-6-20)16-21(7-8-21)17-25-19(3)4/h18-20H,5-17H2,1-4H3. The van der Waals surface area contributed by atoms with E-state index in [4.69, 9.17) is 4.74 Å². The Morgan fingerprint density at radius 3 is 2.04 bits per heavy atom. The predicted molar refractivity (Wildman–Crippen MR) is 105 cm³/mol. The van der Waals surface area contributed by atoms with Crippen LogP contribution in [0.4, 0.5) is 0 Å². The van der Waals surface area contributed by atoms with Gasteiger partial charge in [-0.1, -0.05) is 0 Å². The Hall–Kier alpha value is -0.160. The molecule has 0 aromatic heterocycles. The van der Waals surface area contributed by atoms with Crippen LogP contribution in [0.25, 0.3) is 0 Å². The average molecular weight is 352 g/mol. The molecule has 0 N–H and O–H groups in total. The lowest BCUT2D eigenvalue weighted by molar-refractivity contribution is 0.0241. The van der Waals surface area contributed by atoms with E-state index in [1.165, 1.54) is 78.0 Å². The van der Waals surface area contributed by atoms with Crippen LogP contribution in [0.3, 0.4) is 0 Å². The van der Waals surface area contributed by atoms with Crippen molar-refractivity contribution in [3.63, 3.8) is 0 Å². The molecule has 0 radical (unpaired) electrons. The third kappa shape index (κ3) is 5.92. The van der Waals surface area contributed by atoms with Gasteiger partial charge >= 0.3 is 0 Å². The lowest BCUT2D eigenvalue weighted by Crippen LogP contribution is -2.50. The Kier molecular flexibility index (Phi) is 6.81. The first-order chi connectivity index (χ1) is 12.0. The fraction of sp³-hybridized carbons (Fsp3) is 1.00. The van der Waals surface area contributed by atoms with Gasteiger partial charge < -0.3 is 14.5 Å². The molecule has 0 unspecified atom stereocenters. The fourth-order valence-corrected chi connectivity index (χ4v) is 4.50. The van der Waals surface area contributed by atoms with Crippen molar-refractivity contribution >= 4 is 0 Å². The molecule has 0 aromatic carbocycles. The Balaban J connectivity index is 1.33. The highest BCUT2D eigenvalue weighted by Crippen LogP contribution is 2.47. The molecule has 4 heteroatoms. The zero-order chi connectivity index (χ0) is 17.9. The van der Waals surface area contributed by atoms with Gasteiger partial charge in [-0.3, -0.25) is 4.90 Å². The molecule has 1 aliphatic carbocycles. The van der Waals surface area contributed by atoms with Crippen LogP contribution < -0.4 is 0 Å². The molecule has 2 saturated heterocycles. The van der Waals surface area contributed by atoms with E-state index in [2.05, 4.69) is 42.4 Å². The minimum absolute atomic E-state index is 0.374. The highest BCUT2D eigenvalue weighted by Gasteiger charge is 2.44. The molecule has 0 bridgehead atoms. The molecule has 3 aliphatic rings. The lowest BCUT2D eigenvalue weighted by Gasteiger charge is -2.40. The Morgan fingerprint density at radius 1 is 0.880 bits per heavy atom. The van der Waals surface area contributed by atoms with Crippen molar-refractivity contribution in [1.29, 1.82) is 0 Å². The Labute approximate surface area is 155 Å². The summed E-state index contributed by atoms with van der Waals surface area (Å²) in [7, 11) is 0. The summed E-state index contributed by atoms with van der Waals surface area (Å²) in [6, 6.07) is 0.708. The van der Waals surface area contributed by atoms with E-state index in [0.29, 0.717) is 17.6 Å². The van der Waals surface area contributed by atoms with Crippen molar-refractivity contribution < 1.29 is 4.74 Å². The Bertz CT molecular complexity index is 392. The van der Waals surface area contributed by atoms with Gasteiger partial charge in [0.15, 0.2) is 0 Å². The van der Waals surface area contributed by atoms with Gasteiger partial charge in [-0.15, -0.1) is 0 Å². The third-order valence-corrected chi connectivity index (χ3v) is 6.60. The van der Waals surface area contributed by atoms with Crippen molar-refractivity contribution in [3.8, 4) is 0 Å². The third-order valence-electron chi connectivity index (χ3n) is 6.60. The van der Waals surface area contributed by atoms with E-state index >= 15 is 0 Å². The van der Waals surface area contributed by atoms with Crippen LogP contribution >= 0.6 is 0 Å². The van der Waals surface area contributed by atoms with Gasteiger partial charge in [0.1, 0.15) is 0 Å². The summed E-state index contributed by atoms with van der Waals surface area (Å²) in [5, 5.41) is 0. The SMILES string of the molecule is CC(C)OCC1(CN2CCC(CN3CCN(C(C)C)CC3)CC2)CC1. The summed E-state index contributed by atoms with van der Waals surface area (Å²) in [5.74, 6) is 0.920. The predicted octanol–water partition coefficient (Wildman–Crippen LogP) is 2.93. The van der Waals surface area contributed by atoms with Gasteiger partial charge in [0.25, 0.3) is 0 Å². The van der Waals surface area contributed by atoms with Crippen molar-refractivity contribution in [2.75, 3.05) is 59.0 Å². The zero-order valence-electron chi connectivity index (χ0n) is 17.2. The molecule has 2 aliphatic heterocycles. The minimum atomic E-state index is 0.374. The maximum Gasteiger partial charge on any atom is 0.0538 e. The first-order valence-electron chi connectivity index (χ1n) is 10.8. The molecule has 4 nitrogen and oxygen atoms in total. The first kappa shape index (κ1) is 19.6. The fourth-order valence-electron chi connectivity index (χ4n) is 4.50. The van der Waals surface area contributed by atoms with Gasteiger partial charge in [-0.05, 0) is 72.4 Å². The number of piperidine rings is 1. The highest BCUT2D eigenvalue weighted by molar-refractivity contribution is 4.96. The van der Waals surface area contributed by atoms with Crippen LogP contribution in [0.1, 0.15) is 53.4 Å². The maximum atomic E-state index is 5.92. The molecule has 146 valence electrons. The number of nitrogens with zero attached hydrogens (tertiary/aromatic N) is 3. The van der Waals surface area contributed by atoms with Crippen molar-refractivity contribution in [2.45, 2.75) is 65.5 Å². The maximum absolute atomic E-state index is 5.92. The van der Waals surface area contributed by atoms with Crippen LogP contribution in [-0.2, 0) is 4.74 Å². The van der Waals surface area contributed by atoms with Gasteiger partial charge in [-0.25, -0.2) is 0 Å². The number of ether oxygens (including phenoxy) is 1. The van der Waals surface area contributed by atoms with E-state index in [-0.39, 0.29) is 0 Å². The molecule has 0 aromatic rings. The summed E-state index contributed by atoms with van der Waals surface area (Å²) in [6.45, 7) is 20.2. The molecule has 3 fully saturated rings. The topological polar surface area (TPSA) is 19.0 Å². The largest absolute Gasteiger partial charge is 0.378 e. The second-order valence-electron chi connectivity index (χ2n) is 9.51. The van der Waals surface area contributed by atoms with Crippen molar-refractivity contribution in [3.05, 3.63) is 0 Å². The quantitative estimate of drug-likeness (QED) is 0.669. The highest BCUT2D eigenvalue weighted by atomic mass is 16.5. The molecule has 0 amide bonds. The van der Waals surface area contributed by atoms with Gasteiger partial charge in [0.05, 0.1) is 12.7 Å². The lowest BCUT2D eigenvalue weighted by atomic mass is 9.94. The first-order valence-corrected chi connectivity index (χ1v) is 10.8. The van der Waals surface area contributed by atoms with Crippen LogP contribution in [0, 0.1) is 11.3 Å². The van der Waals surface area contributed by atoms with Crippen LogP contribution in [-0.4, -0.2) is 85.8 Å². The summed E-state index contributed by atoms with van der Waals surface area (Å²) in [6.07, 6.45) is 5.91. The number of likely N-dealkylation sites (tertiary alicyclic amines) is 1. The van der Waals surface area contributed by atoms with Crippen molar-refractivity contribution in [1.82, 2.24) is 14.7 Å². The second-order valence-corrected chi connectivity index (χ2v) is 9.51. The van der Waals surface area contributed by atoms with Crippen LogP contribution in [0.5, 0.6) is 0 Å². The molecule has 2 heterocycles. The summed E-state index contributed by atoms with van der Waals surface area (Å²) >= 11 is 0. The normalized spacial score (nSPS) is 26.6. The monoisotopic (exact) mass is 351 g/mol. The molecule has 1 saturated carbocycles. The second kappa shape index (κ2) is 8.69. The number of hydrogen-bond donors (Lipinski definition) is 0. The smallest absolute Gasteiger partial charge is 0.0538 e. The summed E-state index contributed by atoms with van der Waals surface area (Å²) < 4.78 is 5.92. The van der Waals surface area contributed by atoms with E-state index < -0.39 is 0 Å². The van der Waals surface area contributed by atoms with E-state index in [1.54, 1.807) is 0 Å². The molecule has 25 heavy (non-hydrogen) atoms. The van der Waals surface area contributed by atoms with Crippen LogP contribution in [0.2, 0.25) is 0 Å². The summed E-state index contributed by atoms with van der Waals surface area (Å²) in [4.78, 5) is 8.06. The van der Waals surface area contributed by atoms with Gasteiger partial charge in [-0.2, -0.15) is 0 Å². The average Bonchev–Trinajstić information content (AvgIpc) is 3.35. The minimum Gasteiger partial charge on any atom is -0.378 e. The van der Waals surface area contributed by atoms with Gasteiger partial charge in [0, 0.05) is 50.7 Å². The molecular formula is C21H41N3O. The van der Waals surface area contributed by atoms with Crippen molar-refractivity contribution in [2.24, 2.45) is 11.3 Å². The summed E-state index contributed by atoms with van der Waals surface area (Å²) in [5.41, 5.74) is 0.504. The molecular weight excluding hydrogens is 310 g/mol. The number of piperazine rings is 1. The Morgan fingerprint density at radius 2 is 1.52 bits per heavy atom. The van der Waals surface area contributed by atoms with E-state index in [0.717, 1.165) is 12.5 Å². The zero-order valence-corrected chi connectivity index (χ0v) is 17.2. The van der Waals surface area contributed by atoms with Crippen LogP contribution in [0.15, 0.2) is 0 Å². The molecule has 3 rings (SSSR count). The number of rotatable bonds is 8.